The van der Waals surface area contributed by atoms with E-state index in [0.29, 0.717) is 0 Å². The molecule has 0 saturated heterocycles. The first-order valence-electron chi connectivity index (χ1n) is 7.43. The summed E-state index contributed by atoms with van der Waals surface area (Å²) < 4.78 is 8.47. The highest BCUT2D eigenvalue weighted by molar-refractivity contribution is 6.02. The lowest BCUT2D eigenvalue weighted by Crippen LogP contribution is -2.41. The fourth-order valence-corrected chi connectivity index (χ4v) is 2.64. The molecule has 0 amide bonds. The van der Waals surface area contributed by atoms with E-state index in [2.05, 4.69) is 0 Å². The Morgan fingerprint density at radius 3 is 2.22 bits per heavy atom. The molecule has 0 spiro atoms. The van der Waals surface area contributed by atoms with Crippen LogP contribution >= 0.6 is 0 Å². The summed E-state index contributed by atoms with van der Waals surface area (Å²) in [7, 11) is 1.47. The van der Waals surface area contributed by atoms with Crippen molar-refractivity contribution in [1.29, 1.82) is 0 Å². The van der Waals surface area contributed by atoms with Crippen molar-refractivity contribution < 1.29 is 9.53 Å². The van der Waals surface area contributed by atoms with E-state index in [4.69, 9.17) is 4.74 Å². The maximum atomic E-state index is 12.7. The summed E-state index contributed by atoms with van der Waals surface area (Å²) in [4.78, 5) is 49.4. The highest BCUT2D eigenvalue weighted by Crippen LogP contribution is 2.13. The molecule has 23 heavy (non-hydrogen) atoms. The molecule has 2 aromatic heterocycles. The van der Waals surface area contributed by atoms with Gasteiger partial charge in [-0.15, -0.1) is 0 Å². The number of hydrogen-bond acceptors (Lipinski definition) is 5. The fraction of sp³-hybridized carbons (Fsp3) is 0.467. The number of fused-ring (bicyclic) bond motifs is 1. The Labute approximate surface area is 131 Å². The van der Waals surface area contributed by atoms with Gasteiger partial charge >= 0.3 is 11.7 Å². The number of pyridine rings is 1. The van der Waals surface area contributed by atoms with Gasteiger partial charge in [0.1, 0.15) is 5.65 Å². The first kappa shape index (κ1) is 16.7. The van der Waals surface area contributed by atoms with Crippen LogP contribution < -0.4 is 16.8 Å². The molecule has 0 saturated carbocycles. The Balaban J connectivity index is 3.15. The summed E-state index contributed by atoms with van der Waals surface area (Å²) in [5, 5.41) is 0.0221. The zero-order valence-corrected chi connectivity index (χ0v) is 13.6. The maximum absolute atomic E-state index is 12.7. The Hall–Kier alpha value is -2.64. The number of nitrogens with zero attached hydrogens (tertiary/aromatic N) is 3. The van der Waals surface area contributed by atoms with Crippen LogP contribution in [0.5, 0.6) is 0 Å². The molecule has 0 atom stereocenters. The Kier molecular flexibility index (Phi) is 4.53. The number of carbonyl (C=O) groups excluding carboxylic acids is 1. The van der Waals surface area contributed by atoms with Crippen LogP contribution in [0.25, 0.3) is 11.0 Å². The van der Waals surface area contributed by atoms with Crippen LogP contribution in [0.1, 0.15) is 31.1 Å². The molecule has 0 radical (unpaired) electrons. The minimum absolute atomic E-state index is 0.0221. The van der Waals surface area contributed by atoms with Crippen LogP contribution in [0.4, 0.5) is 0 Å². The highest BCUT2D eigenvalue weighted by atomic mass is 16.5. The number of hydrogen-bond donors (Lipinski definition) is 0. The van der Waals surface area contributed by atoms with E-state index in [1.165, 1.54) is 16.2 Å². The normalized spacial score (nSPS) is 11.0. The van der Waals surface area contributed by atoms with Gasteiger partial charge < -0.3 is 4.74 Å². The smallest absolute Gasteiger partial charge is 0.339 e. The van der Waals surface area contributed by atoms with Gasteiger partial charge in [0.25, 0.3) is 11.1 Å². The highest BCUT2D eigenvalue weighted by Gasteiger charge is 2.22. The minimum Gasteiger partial charge on any atom is -0.462 e. The van der Waals surface area contributed by atoms with Crippen molar-refractivity contribution in [2.75, 3.05) is 6.61 Å². The largest absolute Gasteiger partial charge is 0.462 e. The average molecular weight is 321 g/mol. The third-order valence-electron chi connectivity index (χ3n) is 3.70. The Morgan fingerprint density at radius 2 is 1.70 bits per heavy atom. The lowest BCUT2D eigenvalue weighted by atomic mass is 10.1. The lowest BCUT2D eigenvalue weighted by Gasteiger charge is -2.15. The minimum atomic E-state index is -0.753. The molecule has 8 heteroatoms. The van der Waals surface area contributed by atoms with Crippen molar-refractivity contribution in [3.05, 3.63) is 42.8 Å². The summed E-state index contributed by atoms with van der Waals surface area (Å²) in [6.07, 6.45) is 0. The van der Waals surface area contributed by atoms with Gasteiger partial charge in [-0.3, -0.25) is 23.3 Å². The molecule has 2 heterocycles. The predicted molar refractivity (Wildman–Crippen MR) is 85.0 cm³/mol. The standard InChI is InChI=1S/C15H19N3O5/c1-5-17-10(19)8-9(14(21)23-7-3)11-12(17)16(4)15(22)18(6-2)13(11)20/h8H,5-7H2,1-4H3. The topological polar surface area (TPSA) is 92.3 Å². The maximum Gasteiger partial charge on any atom is 0.339 e. The zero-order valence-electron chi connectivity index (χ0n) is 13.6. The zero-order chi connectivity index (χ0) is 17.3. The molecule has 0 aromatic carbocycles. The summed E-state index contributed by atoms with van der Waals surface area (Å²) in [6, 6.07) is 1.09. The summed E-state index contributed by atoms with van der Waals surface area (Å²) >= 11 is 0. The third-order valence-corrected chi connectivity index (χ3v) is 3.70. The Bertz CT molecular complexity index is 949. The van der Waals surface area contributed by atoms with E-state index in [-0.39, 0.29) is 36.3 Å². The van der Waals surface area contributed by atoms with Crippen LogP contribution in [0.2, 0.25) is 0 Å². The van der Waals surface area contributed by atoms with E-state index in [0.717, 1.165) is 10.6 Å². The molecule has 2 aromatic rings. The molecule has 0 aliphatic heterocycles. The second-order valence-corrected chi connectivity index (χ2v) is 4.95. The molecular weight excluding hydrogens is 302 g/mol. The number of rotatable bonds is 4. The van der Waals surface area contributed by atoms with Crippen LogP contribution in [0.15, 0.2) is 20.4 Å². The molecule has 8 nitrogen and oxygen atoms in total. The van der Waals surface area contributed by atoms with E-state index in [9.17, 15) is 19.2 Å². The van der Waals surface area contributed by atoms with Crippen molar-refractivity contribution in [2.24, 2.45) is 7.05 Å². The average Bonchev–Trinajstić information content (AvgIpc) is 2.52. The molecule has 0 aliphatic rings. The van der Waals surface area contributed by atoms with E-state index >= 15 is 0 Å². The second-order valence-electron chi connectivity index (χ2n) is 4.95. The van der Waals surface area contributed by atoms with Gasteiger partial charge in [-0.05, 0) is 20.8 Å². The van der Waals surface area contributed by atoms with Crippen LogP contribution in [0.3, 0.4) is 0 Å². The van der Waals surface area contributed by atoms with Crippen molar-refractivity contribution in [3.63, 3.8) is 0 Å². The van der Waals surface area contributed by atoms with Gasteiger partial charge in [-0.25, -0.2) is 9.59 Å². The molecule has 0 fully saturated rings. The summed E-state index contributed by atoms with van der Waals surface area (Å²) in [6.45, 7) is 5.56. The first-order chi connectivity index (χ1) is 10.9. The summed E-state index contributed by atoms with van der Waals surface area (Å²) in [5.74, 6) is -0.753. The number of aromatic nitrogens is 3. The van der Waals surface area contributed by atoms with E-state index in [1.807, 2.05) is 0 Å². The van der Waals surface area contributed by atoms with Crippen molar-refractivity contribution >= 4 is 17.0 Å². The molecular formula is C15H19N3O5. The van der Waals surface area contributed by atoms with Gasteiger partial charge in [0.15, 0.2) is 0 Å². The first-order valence-corrected chi connectivity index (χ1v) is 7.43. The van der Waals surface area contributed by atoms with Crippen molar-refractivity contribution in [3.8, 4) is 0 Å². The number of ether oxygens (including phenoxy) is 1. The monoisotopic (exact) mass is 321 g/mol. The molecule has 124 valence electrons. The van der Waals surface area contributed by atoms with Gasteiger partial charge in [0.2, 0.25) is 0 Å². The van der Waals surface area contributed by atoms with E-state index < -0.39 is 22.8 Å². The van der Waals surface area contributed by atoms with Crippen molar-refractivity contribution in [1.82, 2.24) is 13.7 Å². The van der Waals surface area contributed by atoms with Crippen molar-refractivity contribution in [2.45, 2.75) is 33.9 Å². The molecule has 0 bridgehead atoms. The van der Waals surface area contributed by atoms with Crippen LogP contribution in [0, 0.1) is 0 Å². The molecule has 0 unspecified atom stereocenters. The number of aryl methyl sites for hydroxylation is 2. The fourth-order valence-electron chi connectivity index (χ4n) is 2.64. The lowest BCUT2D eigenvalue weighted by molar-refractivity contribution is 0.0528. The third kappa shape index (κ3) is 2.49. The molecule has 0 N–H and O–H groups in total. The number of carbonyl (C=O) groups is 1. The predicted octanol–water partition coefficient (Wildman–Crippen LogP) is 0.0784. The van der Waals surface area contributed by atoms with E-state index in [1.54, 1.807) is 20.8 Å². The van der Waals surface area contributed by atoms with Crippen LogP contribution in [-0.4, -0.2) is 26.3 Å². The summed E-state index contributed by atoms with van der Waals surface area (Å²) in [5.41, 5.74) is -1.59. The van der Waals surface area contributed by atoms with Crippen LogP contribution in [-0.2, 0) is 24.9 Å². The molecule has 2 rings (SSSR count). The molecule has 0 aliphatic carbocycles. The second kappa shape index (κ2) is 6.23. The SMILES string of the molecule is CCOC(=O)c1cc(=O)n(CC)c2c1c(=O)n(CC)c(=O)n2C. The Morgan fingerprint density at radius 1 is 1.09 bits per heavy atom. The van der Waals surface area contributed by atoms with Gasteiger partial charge in [-0.1, -0.05) is 0 Å². The van der Waals surface area contributed by atoms with Gasteiger partial charge in [0, 0.05) is 26.2 Å². The number of esters is 1. The van der Waals surface area contributed by atoms with Gasteiger partial charge in [0.05, 0.1) is 17.6 Å². The quantitative estimate of drug-likeness (QED) is 0.744. The van der Waals surface area contributed by atoms with Gasteiger partial charge in [-0.2, -0.15) is 0 Å².